The zero-order valence-electron chi connectivity index (χ0n) is 10.8. The summed E-state index contributed by atoms with van der Waals surface area (Å²) in [6.07, 6.45) is 9.73. The van der Waals surface area contributed by atoms with Crippen LogP contribution < -0.4 is 10.6 Å². The topological polar surface area (TPSA) is 26.0 Å². The molecule has 0 bridgehead atoms. The predicted molar refractivity (Wildman–Crippen MR) is 90.3 cm³/mol. The quantitative estimate of drug-likeness (QED) is 0.709. The van der Waals surface area contributed by atoms with Crippen molar-refractivity contribution >= 4 is 56.5 Å². The maximum atomic E-state index is 6.39. The van der Waals surface area contributed by atoms with Gasteiger partial charge in [-0.15, -0.1) is 0 Å². The maximum Gasteiger partial charge on any atom is 0.143 e. The van der Waals surface area contributed by atoms with Gasteiger partial charge in [-0.2, -0.15) is 0 Å². The Morgan fingerprint density at radius 1 is 1.29 bits per heavy atom. The largest absolute Gasteiger partial charge is 0.455 e. The van der Waals surface area contributed by atoms with E-state index < -0.39 is 0 Å². The number of alkyl halides is 1. The minimum Gasteiger partial charge on any atom is -0.455 e. The van der Waals surface area contributed by atoms with Gasteiger partial charge >= 0.3 is 0 Å². The van der Waals surface area contributed by atoms with Crippen LogP contribution in [0.25, 0.3) is 17.2 Å². The van der Waals surface area contributed by atoms with Crippen molar-refractivity contribution in [3.63, 3.8) is 0 Å². The van der Waals surface area contributed by atoms with Crippen molar-refractivity contribution in [1.82, 2.24) is 4.98 Å². The molecule has 3 heterocycles. The normalized spacial score (nSPS) is 15.0. The Kier molecular flexibility index (Phi) is 3.32. The Balaban J connectivity index is 2.28. The fourth-order valence-electron chi connectivity index (χ4n) is 2.46. The molecule has 5 heteroatoms. The summed E-state index contributed by atoms with van der Waals surface area (Å²) >= 11 is 11.5. The first-order valence-electron chi connectivity index (χ1n) is 6.37. The average molecular weight is 379 g/mol. The molecule has 1 aliphatic heterocycles. The molecule has 21 heavy (non-hydrogen) atoms. The van der Waals surface area contributed by atoms with Crippen molar-refractivity contribution in [2.45, 2.75) is 10.2 Å². The molecule has 2 aromatic rings. The number of furan rings is 1. The average Bonchev–Trinajstić information content (AvgIpc) is 2.84. The van der Waals surface area contributed by atoms with Crippen LogP contribution >= 0.6 is 39.3 Å². The lowest BCUT2D eigenvalue weighted by molar-refractivity contribution is 0.498. The van der Waals surface area contributed by atoms with Crippen LogP contribution in [0.15, 0.2) is 39.1 Å². The van der Waals surface area contributed by atoms with Gasteiger partial charge in [0.25, 0.3) is 0 Å². The fourth-order valence-corrected chi connectivity index (χ4v) is 3.79. The Hall–Kier alpha value is -1.23. The summed E-state index contributed by atoms with van der Waals surface area (Å²) in [5, 5.41) is 5.33. The number of nitrogens with zero attached hydrogens (tertiary/aromatic N) is 1. The van der Waals surface area contributed by atoms with Crippen molar-refractivity contribution in [3.05, 3.63) is 62.3 Å². The van der Waals surface area contributed by atoms with E-state index in [1.165, 1.54) is 0 Å². The third-order valence-corrected chi connectivity index (χ3v) is 5.29. The van der Waals surface area contributed by atoms with Crippen molar-refractivity contribution in [1.29, 1.82) is 0 Å². The minimum atomic E-state index is 0.680. The summed E-state index contributed by atoms with van der Waals surface area (Å²) in [6.45, 7) is 0. The molecule has 0 saturated carbocycles. The smallest absolute Gasteiger partial charge is 0.143 e. The van der Waals surface area contributed by atoms with Gasteiger partial charge in [-0.1, -0.05) is 45.4 Å². The second-order valence-electron chi connectivity index (χ2n) is 4.69. The summed E-state index contributed by atoms with van der Waals surface area (Å²) in [5.41, 5.74) is 3.80. The van der Waals surface area contributed by atoms with Gasteiger partial charge in [0, 0.05) is 27.5 Å². The highest BCUT2D eigenvalue weighted by Crippen LogP contribution is 2.27. The molecule has 0 aromatic carbocycles. The third-order valence-electron chi connectivity index (χ3n) is 3.43. The van der Waals surface area contributed by atoms with Crippen LogP contribution in [0.3, 0.4) is 0 Å². The first kappa shape index (κ1) is 13.4. The lowest BCUT2D eigenvalue weighted by Crippen LogP contribution is -2.08. The van der Waals surface area contributed by atoms with E-state index >= 15 is 0 Å². The van der Waals surface area contributed by atoms with Crippen LogP contribution in [0.2, 0.25) is 0 Å². The fraction of sp³-hybridized carbons (Fsp3) is 0.0625. The first-order chi connectivity index (χ1) is 10.3. The standard InChI is InChI=1S/C16H9BrClNOS/c17-7-9-6-11-12(8-19-9)13(18)4-3-10-15(11)20-14-2-1-5-21-16(10)14/h1-6,8H,7H2. The van der Waals surface area contributed by atoms with Gasteiger partial charge in [-0.25, -0.2) is 0 Å². The molecule has 0 atom stereocenters. The second kappa shape index (κ2) is 5.20. The molecule has 0 spiro atoms. The third kappa shape index (κ3) is 2.13. The zero-order chi connectivity index (χ0) is 14.4. The molecular formula is C16H9BrClNOS. The summed E-state index contributed by atoms with van der Waals surface area (Å²) in [6, 6.07) is 2.03. The van der Waals surface area contributed by atoms with Gasteiger partial charge in [0.2, 0.25) is 0 Å². The predicted octanol–water partition coefficient (Wildman–Crippen LogP) is 3.63. The number of halogens is 2. The highest BCUT2D eigenvalue weighted by atomic mass is 79.9. The number of hydrogen-bond acceptors (Lipinski definition) is 3. The summed E-state index contributed by atoms with van der Waals surface area (Å²) in [4.78, 5) is 5.54. The molecule has 0 fully saturated rings. The molecule has 0 radical (unpaired) electrons. The molecule has 2 nitrogen and oxygen atoms in total. The Morgan fingerprint density at radius 3 is 3.05 bits per heavy atom. The van der Waals surface area contributed by atoms with E-state index in [-0.39, 0.29) is 0 Å². The van der Waals surface area contributed by atoms with E-state index in [2.05, 4.69) is 26.3 Å². The zero-order valence-corrected chi connectivity index (χ0v) is 13.9. The Morgan fingerprint density at radius 2 is 2.19 bits per heavy atom. The van der Waals surface area contributed by atoms with E-state index in [0.29, 0.717) is 10.4 Å². The Labute approximate surface area is 138 Å². The van der Waals surface area contributed by atoms with Gasteiger partial charge < -0.3 is 4.42 Å². The number of pyridine rings is 1. The number of allylic oxidation sites excluding steroid dienone is 2. The van der Waals surface area contributed by atoms with Crippen molar-refractivity contribution in [3.8, 4) is 0 Å². The summed E-state index contributed by atoms with van der Waals surface area (Å²) in [7, 11) is 0. The van der Waals surface area contributed by atoms with Crippen molar-refractivity contribution < 1.29 is 4.42 Å². The van der Waals surface area contributed by atoms with Gasteiger partial charge in [-0.05, 0) is 29.7 Å². The number of thioether (sulfide) groups is 1. The van der Waals surface area contributed by atoms with Crippen LogP contribution in [0, 0.1) is 10.6 Å². The van der Waals surface area contributed by atoms with Gasteiger partial charge in [-0.3, -0.25) is 4.98 Å². The number of rotatable bonds is 1. The van der Waals surface area contributed by atoms with E-state index in [9.17, 15) is 0 Å². The molecule has 0 saturated heterocycles. The van der Waals surface area contributed by atoms with Crippen molar-refractivity contribution in [2.24, 2.45) is 0 Å². The lowest BCUT2D eigenvalue weighted by Gasteiger charge is -1.96. The lowest BCUT2D eigenvalue weighted by atomic mass is 10.2. The number of hydrogen-bond donors (Lipinski definition) is 0. The van der Waals surface area contributed by atoms with Crippen molar-refractivity contribution in [2.75, 3.05) is 0 Å². The summed E-state index contributed by atoms with van der Waals surface area (Å²) < 4.78 is 6.09. The van der Waals surface area contributed by atoms with E-state index in [4.69, 9.17) is 16.0 Å². The number of fused-ring (bicyclic) bond motifs is 4. The van der Waals surface area contributed by atoms with E-state index in [0.717, 1.165) is 37.4 Å². The van der Waals surface area contributed by atoms with Crippen LogP contribution in [0.4, 0.5) is 0 Å². The maximum absolute atomic E-state index is 6.39. The number of aromatic nitrogens is 1. The van der Waals surface area contributed by atoms with Gasteiger partial charge in [0.1, 0.15) is 10.8 Å². The SMILES string of the molecule is ClC1=c2cnc(CBr)cc2=c2oc3c(c2C=C1)SC=CC=3. The van der Waals surface area contributed by atoms with Crippen LogP contribution in [-0.4, -0.2) is 4.98 Å². The Bertz CT molecular complexity index is 1020. The second-order valence-corrected chi connectivity index (χ2v) is 6.57. The van der Waals surface area contributed by atoms with E-state index in [1.54, 1.807) is 11.8 Å². The monoisotopic (exact) mass is 377 g/mol. The van der Waals surface area contributed by atoms with E-state index in [1.807, 2.05) is 36.6 Å². The summed E-state index contributed by atoms with van der Waals surface area (Å²) in [5.74, 6) is 0. The molecule has 2 aliphatic rings. The highest BCUT2D eigenvalue weighted by Gasteiger charge is 2.14. The molecule has 0 unspecified atom stereocenters. The molecule has 2 aromatic heterocycles. The molecule has 104 valence electrons. The molecule has 0 N–H and O–H groups in total. The highest BCUT2D eigenvalue weighted by molar-refractivity contribution is 9.08. The van der Waals surface area contributed by atoms with Crippen LogP contribution in [0.5, 0.6) is 0 Å². The minimum absolute atomic E-state index is 0.680. The van der Waals surface area contributed by atoms with Crippen LogP contribution in [-0.2, 0) is 5.33 Å². The molecule has 4 rings (SSSR count). The van der Waals surface area contributed by atoms with Gasteiger partial charge in [0.15, 0.2) is 0 Å². The first-order valence-corrected chi connectivity index (χ1v) is 8.75. The van der Waals surface area contributed by atoms with Crippen LogP contribution in [0.1, 0.15) is 11.3 Å². The molecule has 1 aliphatic carbocycles. The van der Waals surface area contributed by atoms with Gasteiger partial charge in [0.05, 0.1) is 15.6 Å². The molecular weight excluding hydrogens is 370 g/mol. The molecule has 0 amide bonds.